The molecule has 4 saturated carbocycles. The van der Waals surface area contributed by atoms with Crippen LogP contribution < -0.4 is 0 Å². The first kappa shape index (κ1) is 10.1. The molecule has 4 aliphatic rings. The van der Waals surface area contributed by atoms with E-state index >= 15 is 0 Å². The maximum Gasteiger partial charge on any atom is 0.0692 e. The summed E-state index contributed by atoms with van der Waals surface area (Å²) in [4.78, 5) is 0. The SMILES string of the molecule is CCOC12CC3CC(C1)C(C)(O)C(C3)C2. The lowest BCUT2D eigenvalue weighted by Crippen LogP contribution is -2.63. The van der Waals surface area contributed by atoms with Crippen LogP contribution in [0.25, 0.3) is 0 Å². The van der Waals surface area contributed by atoms with E-state index in [1.807, 2.05) is 0 Å². The Morgan fingerprint density at radius 2 is 1.80 bits per heavy atom. The summed E-state index contributed by atoms with van der Waals surface area (Å²) in [6, 6.07) is 0. The average molecular weight is 210 g/mol. The van der Waals surface area contributed by atoms with Gasteiger partial charge in [-0.1, -0.05) is 0 Å². The Labute approximate surface area is 92.0 Å². The first-order valence-corrected chi connectivity index (χ1v) is 6.42. The van der Waals surface area contributed by atoms with Crippen LogP contribution in [0.15, 0.2) is 0 Å². The van der Waals surface area contributed by atoms with Gasteiger partial charge in [0.2, 0.25) is 0 Å². The van der Waals surface area contributed by atoms with E-state index in [1.54, 1.807) is 0 Å². The van der Waals surface area contributed by atoms with Crippen molar-refractivity contribution in [3.05, 3.63) is 0 Å². The molecular weight excluding hydrogens is 188 g/mol. The Hall–Kier alpha value is -0.0800. The Kier molecular flexibility index (Phi) is 2.01. The van der Waals surface area contributed by atoms with Crippen LogP contribution in [-0.4, -0.2) is 22.9 Å². The highest BCUT2D eigenvalue weighted by Crippen LogP contribution is 2.60. The van der Waals surface area contributed by atoms with E-state index in [9.17, 15) is 5.11 Å². The monoisotopic (exact) mass is 210 g/mol. The molecule has 4 bridgehead atoms. The van der Waals surface area contributed by atoms with Crippen molar-refractivity contribution in [2.45, 2.75) is 57.2 Å². The maximum absolute atomic E-state index is 10.5. The summed E-state index contributed by atoms with van der Waals surface area (Å²) in [5.41, 5.74) is -0.259. The second-order valence-corrected chi connectivity index (χ2v) is 6.19. The van der Waals surface area contributed by atoms with Crippen LogP contribution >= 0.6 is 0 Å². The van der Waals surface area contributed by atoms with Crippen molar-refractivity contribution in [2.24, 2.45) is 17.8 Å². The van der Waals surface area contributed by atoms with Crippen molar-refractivity contribution in [1.29, 1.82) is 0 Å². The third-order valence-electron chi connectivity index (χ3n) is 5.24. The summed E-state index contributed by atoms with van der Waals surface area (Å²) in [5, 5.41) is 10.5. The average Bonchev–Trinajstić information content (AvgIpc) is 2.13. The van der Waals surface area contributed by atoms with E-state index in [2.05, 4.69) is 13.8 Å². The van der Waals surface area contributed by atoms with Gasteiger partial charge in [0, 0.05) is 6.61 Å². The zero-order valence-electron chi connectivity index (χ0n) is 9.83. The highest BCUT2D eigenvalue weighted by molar-refractivity contribution is 5.11. The lowest BCUT2D eigenvalue weighted by molar-refractivity contribution is -0.234. The molecule has 0 spiro atoms. The summed E-state index contributed by atoms with van der Waals surface area (Å²) in [5.74, 6) is 1.82. The zero-order valence-corrected chi connectivity index (χ0v) is 9.83. The van der Waals surface area contributed by atoms with Gasteiger partial charge in [-0.3, -0.25) is 0 Å². The van der Waals surface area contributed by atoms with Crippen LogP contribution in [0.2, 0.25) is 0 Å². The molecule has 1 N–H and O–H groups in total. The first-order valence-electron chi connectivity index (χ1n) is 6.42. The normalized spacial score (nSPS) is 57.4. The van der Waals surface area contributed by atoms with Gasteiger partial charge in [0.05, 0.1) is 11.2 Å². The molecule has 0 aromatic heterocycles. The third-order valence-corrected chi connectivity index (χ3v) is 5.24. The summed E-state index contributed by atoms with van der Waals surface area (Å²) >= 11 is 0. The highest BCUT2D eigenvalue weighted by Gasteiger charge is 2.60. The standard InChI is InChI=1S/C13H22O2/c1-3-15-13-6-9-4-10(7-13)12(2,14)11(5-9)8-13/h9-11,14H,3-8H2,1-2H3. The van der Waals surface area contributed by atoms with Gasteiger partial charge in [0.1, 0.15) is 0 Å². The number of hydrogen-bond donors (Lipinski definition) is 1. The Morgan fingerprint density at radius 3 is 2.33 bits per heavy atom. The molecule has 4 aliphatic carbocycles. The van der Waals surface area contributed by atoms with Gasteiger partial charge >= 0.3 is 0 Å². The fourth-order valence-corrected chi connectivity index (χ4v) is 4.62. The number of hydrogen-bond acceptors (Lipinski definition) is 2. The van der Waals surface area contributed by atoms with Crippen LogP contribution in [-0.2, 0) is 4.74 Å². The largest absolute Gasteiger partial charge is 0.390 e. The van der Waals surface area contributed by atoms with E-state index in [4.69, 9.17) is 4.74 Å². The van der Waals surface area contributed by atoms with E-state index in [1.165, 1.54) is 19.3 Å². The topological polar surface area (TPSA) is 29.5 Å². The molecule has 4 fully saturated rings. The van der Waals surface area contributed by atoms with Gasteiger partial charge < -0.3 is 9.84 Å². The van der Waals surface area contributed by atoms with E-state index < -0.39 is 5.60 Å². The molecule has 2 heteroatoms. The summed E-state index contributed by atoms with van der Waals surface area (Å²) in [7, 11) is 0. The van der Waals surface area contributed by atoms with Gasteiger partial charge in [-0.05, 0) is 63.7 Å². The predicted octanol–water partition coefficient (Wildman–Crippen LogP) is 2.35. The molecule has 0 aromatic rings. The fraction of sp³-hybridized carbons (Fsp3) is 1.00. The van der Waals surface area contributed by atoms with Gasteiger partial charge in [-0.2, -0.15) is 0 Å². The Balaban J connectivity index is 1.89. The Bertz CT molecular complexity index is 254. The quantitative estimate of drug-likeness (QED) is 0.758. The van der Waals surface area contributed by atoms with Crippen LogP contribution in [0, 0.1) is 17.8 Å². The smallest absolute Gasteiger partial charge is 0.0692 e. The summed E-state index contributed by atoms with van der Waals surface area (Å²) < 4.78 is 6.02. The molecule has 86 valence electrons. The lowest BCUT2D eigenvalue weighted by Gasteiger charge is -2.62. The lowest BCUT2D eigenvalue weighted by atomic mass is 9.48. The van der Waals surface area contributed by atoms with Crippen molar-refractivity contribution >= 4 is 0 Å². The molecule has 4 rings (SSSR count). The van der Waals surface area contributed by atoms with Gasteiger partial charge in [0.15, 0.2) is 0 Å². The molecule has 0 saturated heterocycles. The molecule has 0 heterocycles. The molecular formula is C13H22O2. The minimum Gasteiger partial charge on any atom is -0.390 e. The Morgan fingerprint density at radius 1 is 1.20 bits per heavy atom. The fourth-order valence-electron chi connectivity index (χ4n) is 4.62. The van der Waals surface area contributed by atoms with Gasteiger partial charge in [0.25, 0.3) is 0 Å². The molecule has 0 radical (unpaired) electrons. The second kappa shape index (κ2) is 2.98. The van der Waals surface area contributed by atoms with Gasteiger partial charge in [-0.25, -0.2) is 0 Å². The second-order valence-electron chi connectivity index (χ2n) is 6.19. The third kappa shape index (κ3) is 1.31. The van der Waals surface area contributed by atoms with Crippen LogP contribution in [0.4, 0.5) is 0 Å². The molecule has 15 heavy (non-hydrogen) atoms. The highest BCUT2D eigenvalue weighted by atomic mass is 16.5. The van der Waals surface area contributed by atoms with Crippen molar-refractivity contribution < 1.29 is 9.84 Å². The van der Waals surface area contributed by atoms with E-state index in [0.717, 1.165) is 25.4 Å². The van der Waals surface area contributed by atoms with Gasteiger partial charge in [-0.15, -0.1) is 0 Å². The van der Waals surface area contributed by atoms with Crippen molar-refractivity contribution in [3.8, 4) is 0 Å². The van der Waals surface area contributed by atoms with Crippen molar-refractivity contribution in [3.63, 3.8) is 0 Å². The molecule has 2 atom stereocenters. The molecule has 0 aliphatic heterocycles. The minimum atomic E-state index is -0.405. The first-order chi connectivity index (χ1) is 7.06. The number of aliphatic hydroxyl groups is 1. The van der Waals surface area contributed by atoms with E-state index in [-0.39, 0.29) is 5.60 Å². The summed E-state index contributed by atoms with van der Waals surface area (Å²) in [6.45, 7) is 4.98. The maximum atomic E-state index is 10.5. The molecule has 2 unspecified atom stereocenters. The van der Waals surface area contributed by atoms with Crippen LogP contribution in [0.5, 0.6) is 0 Å². The number of ether oxygens (including phenoxy) is 1. The predicted molar refractivity (Wildman–Crippen MR) is 58.5 cm³/mol. The van der Waals surface area contributed by atoms with Crippen LogP contribution in [0.3, 0.4) is 0 Å². The minimum absolute atomic E-state index is 0.146. The molecule has 0 aromatic carbocycles. The number of rotatable bonds is 2. The van der Waals surface area contributed by atoms with Crippen LogP contribution in [0.1, 0.15) is 46.0 Å². The molecule has 2 nitrogen and oxygen atoms in total. The van der Waals surface area contributed by atoms with E-state index in [0.29, 0.717) is 11.8 Å². The van der Waals surface area contributed by atoms with Crippen molar-refractivity contribution in [2.75, 3.05) is 6.61 Å². The zero-order chi connectivity index (χ0) is 10.7. The molecule has 0 amide bonds. The van der Waals surface area contributed by atoms with Crippen molar-refractivity contribution in [1.82, 2.24) is 0 Å². The summed E-state index contributed by atoms with van der Waals surface area (Å²) in [6.07, 6.45) is 5.92.